The molecule has 0 N–H and O–H groups in total. The highest BCUT2D eigenvalue weighted by Crippen LogP contribution is 2.39. The molecule has 1 aliphatic heterocycles. The van der Waals surface area contributed by atoms with Gasteiger partial charge in [0.05, 0.1) is 0 Å². The summed E-state index contributed by atoms with van der Waals surface area (Å²) in [4.78, 5) is 0. The minimum absolute atomic E-state index is 1.03. The lowest BCUT2D eigenvalue weighted by Gasteiger charge is -2.33. The van der Waals surface area contributed by atoms with Gasteiger partial charge in [-0.05, 0) is 5.92 Å². The summed E-state index contributed by atoms with van der Waals surface area (Å²) < 4.78 is 0. The number of hydrogen-bond acceptors (Lipinski definition) is 0. The Balaban J connectivity index is 1.96. The molecule has 2 bridgehead atoms. The van der Waals surface area contributed by atoms with Crippen LogP contribution in [0.2, 0.25) is 12.1 Å². The van der Waals surface area contributed by atoms with Gasteiger partial charge in [-0.15, -0.1) is 0 Å². The Bertz CT molecular complexity index is 80.7. The quantitative estimate of drug-likeness (QED) is 0.432. The number of fused-ring (bicyclic) bond motifs is 2. The maximum absolute atomic E-state index is 2.55. The van der Waals surface area contributed by atoms with Gasteiger partial charge in [-0.1, -0.05) is 44.2 Å². The SMILES string of the molecule is [B]1CCC2CCCC1C2. The van der Waals surface area contributed by atoms with Crippen LogP contribution in [0.4, 0.5) is 0 Å². The van der Waals surface area contributed by atoms with Gasteiger partial charge in [-0.3, -0.25) is 0 Å². The van der Waals surface area contributed by atoms with E-state index in [9.17, 15) is 0 Å². The second kappa shape index (κ2) is 2.36. The lowest BCUT2D eigenvalue weighted by atomic mass is 9.49. The molecule has 49 valence electrons. The first kappa shape index (κ1) is 5.82. The molecule has 0 nitrogen and oxygen atoms in total. The van der Waals surface area contributed by atoms with Crippen LogP contribution in [0, 0.1) is 5.92 Å². The molecule has 1 heteroatoms. The molecular formula is C8H14B. The molecule has 0 aromatic heterocycles. The van der Waals surface area contributed by atoms with Gasteiger partial charge in [-0.2, -0.15) is 0 Å². The Hall–Kier alpha value is 0.0649. The molecule has 9 heavy (non-hydrogen) atoms. The Morgan fingerprint density at radius 1 is 1.11 bits per heavy atom. The largest absolute Gasteiger partial charge is 0.113 e. The van der Waals surface area contributed by atoms with Crippen molar-refractivity contribution in [3.8, 4) is 0 Å². The van der Waals surface area contributed by atoms with Gasteiger partial charge in [0.2, 0.25) is 0 Å². The van der Waals surface area contributed by atoms with E-state index < -0.39 is 0 Å². The van der Waals surface area contributed by atoms with Crippen molar-refractivity contribution in [1.29, 1.82) is 0 Å². The molecule has 2 unspecified atom stereocenters. The summed E-state index contributed by atoms with van der Waals surface area (Å²) in [5, 5.41) is 0. The molecule has 0 aromatic carbocycles. The van der Waals surface area contributed by atoms with Gasteiger partial charge in [-0.25, -0.2) is 0 Å². The summed E-state index contributed by atoms with van der Waals surface area (Å²) in [6.45, 7) is 0. The molecule has 0 aromatic rings. The molecule has 0 amide bonds. The van der Waals surface area contributed by atoms with Crippen molar-refractivity contribution < 1.29 is 0 Å². The minimum atomic E-state index is 1.03. The number of hydrogen-bond donors (Lipinski definition) is 0. The van der Waals surface area contributed by atoms with Crippen molar-refractivity contribution in [3.05, 3.63) is 0 Å². The zero-order valence-corrected chi connectivity index (χ0v) is 5.97. The lowest BCUT2D eigenvalue weighted by Crippen LogP contribution is -2.21. The van der Waals surface area contributed by atoms with Crippen LogP contribution in [-0.4, -0.2) is 7.28 Å². The van der Waals surface area contributed by atoms with Gasteiger partial charge in [0.15, 0.2) is 0 Å². The van der Waals surface area contributed by atoms with Crippen LogP contribution in [0.5, 0.6) is 0 Å². The molecule has 1 saturated heterocycles. The van der Waals surface area contributed by atoms with E-state index in [2.05, 4.69) is 7.28 Å². The van der Waals surface area contributed by atoms with Crippen LogP contribution in [0.15, 0.2) is 0 Å². The van der Waals surface area contributed by atoms with E-state index in [1.165, 1.54) is 38.4 Å². The summed E-state index contributed by atoms with van der Waals surface area (Å²) in [6, 6.07) is 0. The van der Waals surface area contributed by atoms with Crippen molar-refractivity contribution in [2.75, 3.05) is 0 Å². The van der Waals surface area contributed by atoms with E-state index in [1.54, 1.807) is 0 Å². The summed E-state index contributed by atoms with van der Waals surface area (Å²) in [5.41, 5.74) is 0. The van der Waals surface area contributed by atoms with E-state index >= 15 is 0 Å². The average molecular weight is 121 g/mol. The van der Waals surface area contributed by atoms with Crippen LogP contribution in [0.1, 0.15) is 32.1 Å². The normalized spacial score (nSPS) is 41.8. The highest BCUT2D eigenvalue weighted by Gasteiger charge is 2.25. The standard InChI is InChI=1S/C8H14B/c1-2-7-4-5-9-8(3-1)6-7/h7-8H,1-6H2. The minimum Gasteiger partial charge on any atom is -0.0797 e. The first-order valence-corrected chi connectivity index (χ1v) is 4.28. The van der Waals surface area contributed by atoms with E-state index in [0.29, 0.717) is 0 Å². The Labute approximate surface area is 58.3 Å². The fourth-order valence-corrected chi connectivity index (χ4v) is 2.38. The Morgan fingerprint density at radius 3 is 2.89 bits per heavy atom. The molecule has 1 radical (unpaired) electrons. The maximum Gasteiger partial charge on any atom is 0.113 e. The van der Waals surface area contributed by atoms with Crippen LogP contribution in [0.3, 0.4) is 0 Å². The third kappa shape index (κ3) is 1.15. The van der Waals surface area contributed by atoms with E-state index in [1.807, 2.05) is 0 Å². The molecule has 1 aliphatic carbocycles. The second-order valence-electron chi connectivity index (χ2n) is 3.61. The summed E-state index contributed by atoms with van der Waals surface area (Å²) in [5.74, 6) is 2.14. The Kier molecular flexibility index (Phi) is 1.53. The molecule has 2 atom stereocenters. The summed E-state index contributed by atoms with van der Waals surface area (Å²) >= 11 is 0. The predicted molar refractivity (Wildman–Crippen MR) is 40.9 cm³/mol. The summed E-state index contributed by atoms with van der Waals surface area (Å²) in [6.07, 6.45) is 8.97. The zero-order chi connectivity index (χ0) is 6.10. The third-order valence-corrected chi connectivity index (χ3v) is 2.90. The first-order chi connectivity index (χ1) is 4.45. The van der Waals surface area contributed by atoms with E-state index in [0.717, 1.165) is 11.7 Å². The molecule has 2 aliphatic rings. The Morgan fingerprint density at radius 2 is 2.11 bits per heavy atom. The van der Waals surface area contributed by atoms with Gasteiger partial charge in [0.25, 0.3) is 0 Å². The van der Waals surface area contributed by atoms with Gasteiger partial charge in [0.1, 0.15) is 7.28 Å². The lowest BCUT2D eigenvalue weighted by molar-refractivity contribution is 0.331. The smallest absolute Gasteiger partial charge is 0.0797 e. The summed E-state index contributed by atoms with van der Waals surface area (Å²) in [7, 11) is 2.55. The fourth-order valence-electron chi connectivity index (χ4n) is 2.38. The van der Waals surface area contributed by atoms with Gasteiger partial charge < -0.3 is 0 Å². The van der Waals surface area contributed by atoms with Crippen molar-refractivity contribution in [2.45, 2.75) is 44.2 Å². The highest BCUT2D eigenvalue weighted by atomic mass is 14.2. The second-order valence-corrected chi connectivity index (χ2v) is 3.61. The van der Waals surface area contributed by atoms with Crippen LogP contribution in [0.25, 0.3) is 0 Å². The van der Waals surface area contributed by atoms with Crippen LogP contribution in [-0.2, 0) is 0 Å². The molecule has 2 fully saturated rings. The molecule has 1 heterocycles. The average Bonchev–Trinajstić information content (AvgIpc) is 1.88. The highest BCUT2D eigenvalue weighted by molar-refractivity contribution is 6.37. The van der Waals surface area contributed by atoms with Crippen molar-refractivity contribution in [3.63, 3.8) is 0 Å². The van der Waals surface area contributed by atoms with E-state index in [4.69, 9.17) is 0 Å². The predicted octanol–water partition coefficient (Wildman–Crippen LogP) is 2.49. The topological polar surface area (TPSA) is 0 Å². The molecule has 2 rings (SSSR count). The molecular weight excluding hydrogens is 107 g/mol. The zero-order valence-electron chi connectivity index (χ0n) is 5.97. The first-order valence-electron chi connectivity index (χ1n) is 4.28. The van der Waals surface area contributed by atoms with Crippen molar-refractivity contribution in [1.82, 2.24) is 0 Å². The third-order valence-electron chi connectivity index (χ3n) is 2.90. The van der Waals surface area contributed by atoms with E-state index in [-0.39, 0.29) is 0 Å². The van der Waals surface area contributed by atoms with Crippen molar-refractivity contribution in [2.24, 2.45) is 5.92 Å². The van der Waals surface area contributed by atoms with Gasteiger partial charge in [0, 0.05) is 0 Å². The number of rotatable bonds is 0. The molecule has 1 saturated carbocycles. The maximum atomic E-state index is 2.55. The van der Waals surface area contributed by atoms with Crippen molar-refractivity contribution >= 4 is 7.28 Å². The van der Waals surface area contributed by atoms with Gasteiger partial charge >= 0.3 is 0 Å². The molecule has 0 spiro atoms. The van der Waals surface area contributed by atoms with Crippen LogP contribution >= 0.6 is 0 Å². The van der Waals surface area contributed by atoms with Crippen LogP contribution < -0.4 is 0 Å². The fraction of sp³-hybridized carbons (Fsp3) is 1.00. The monoisotopic (exact) mass is 121 g/mol.